The van der Waals surface area contributed by atoms with Gasteiger partial charge in [0.25, 0.3) is 5.91 Å². The molecule has 0 heterocycles. The molecular formula is C11H16Cl2N2O4. The summed E-state index contributed by atoms with van der Waals surface area (Å²) >= 11 is 11.6. The smallest absolute Gasteiger partial charge is 0.321 e. The molecule has 8 heteroatoms. The number of amides is 3. The van der Waals surface area contributed by atoms with Crippen molar-refractivity contribution < 1.29 is 19.1 Å². The van der Waals surface area contributed by atoms with Crippen molar-refractivity contribution in [3.05, 3.63) is 0 Å². The summed E-state index contributed by atoms with van der Waals surface area (Å²) in [5.74, 6) is -1.37. The summed E-state index contributed by atoms with van der Waals surface area (Å²) in [4.78, 5) is 34.2. The number of urea groups is 1. The lowest BCUT2D eigenvalue weighted by molar-refractivity contribution is -0.153. The van der Waals surface area contributed by atoms with Crippen LogP contribution in [0.4, 0.5) is 4.79 Å². The van der Waals surface area contributed by atoms with Crippen LogP contribution < -0.4 is 10.6 Å². The molecule has 0 aromatic carbocycles. The van der Waals surface area contributed by atoms with E-state index < -0.39 is 34.3 Å². The lowest BCUT2D eigenvalue weighted by Gasteiger charge is -2.12. The zero-order valence-electron chi connectivity index (χ0n) is 10.9. The quantitative estimate of drug-likeness (QED) is 0.606. The number of hydrogen-bond donors (Lipinski definition) is 2. The number of carbonyl (C=O) groups is 3. The zero-order valence-corrected chi connectivity index (χ0v) is 12.4. The topological polar surface area (TPSA) is 84.5 Å². The summed E-state index contributed by atoms with van der Waals surface area (Å²) in [5, 5.41) is 4.49. The van der Waals surface area contributed by atoms with Crippen molar-refractivity contribution in [2.45, 2.75) is 37.6 Å². The summed E-state index contributed by atoms with van der Waals surface area (Å²) in [6, 6.07) is -0.744. The van der Waals surface area contributed by atoms with Gasteiger partial charge in [-0.25, -0.2) is 4.79 Å². The van der Waals surface area contributed by atoms with E-state index >= 15 is 0 Å². The third-order valence-corrected chi connectivity index (χ3v) is 3.82. The molecule has 0 radical (unpaired) electrons. The number of alkyl halides is 2. The van der Waals surface area contributed by atoms with Crippen molar-refractivity contribution in [1.82, 2.24) is 10.6 Å². The molecule has 0 saturated heterocycles. The normalized spacial score (nSPS) is 23.7. The molecule has 0 unspecified atom stereocenters. The maximum absolute atomic E-state index is 11.6. The van der Waals surface area contributed by atoms with Crippen LogP contribution in [0.5, 0.6) is 0 Å². The van der Waals surface area contributed by atoms with Gasteiger partial charge in [0.1, 0.15) is 9.75 Å². The Kier molecular flexibility index (Phi) is 4.68. The molecule has 108 valence electrons. The van der Waals surface area contributed by atoms with Crippen molar-refractivity contribution in [3.63, 3.8) is 0 Å². The summed E-state index contributed by atoms with van der Waals surface area (Å²) in [7, 11) is 0. The van der Waals surface area contributed by atoms with Crippen LogP contribution in [0.1, 0.15) is 27.2 Å². The first kappa shape index (κ1) is 16.0. The number of hydrogen-bond acceptors (Lipinski definition) is 4. The molecule has 0 spiro atoms. The Hall–Kier alpha value is -1.01. The van der Waals surface area contributed by atoms with Crippen LogP contribution in [0.25, 0.3) is 0 Å². The second-order valence-electron chi connectivity index (χ2n) is 4.97. The van der Waals surface area contributed by atoms with Gasteiger partial charge in [0.2, 0.25) is 0 Å². The van der Waals surface area contributed by atoms with Gasteiger partial charge in [-0.15, -0.1) is 23.2 Å². The molecule has 3 amide bonds. The highest BCUT2D eigenvalue weighted by atomic mass is 35.5. The molecule has 1 aliphatic rings. The van der Waals surface area contributed by atoms with E-state index in [1.54, 1.807) is 20.8 Å². The largest absolute Gasteiger partial charge is 0.455 e. The molecule has 2 N–H and O–H groups in total. The second-order valence-corrected chi connectivity index (χ2v) is 6.45. The van der Waals surface area contributed by atoms with Gasteiger partial charge >= 0.3 is 12.0 Å². The van der Waals surface area contributed by atoms with Crippen LogP contribution in [0, 0.1) is 5.41 Å². The number of rotatable bonds is 4. The Morgan fingerprint density at radius 2 is 1.84 bits per heavy atom. The highest BCUT2D eigenvalue weighted by Crippen LogP contribution is 2.64. The Labute approximate surface area is 121 Å². The van der Waals surface area contributed by atoms with Gasteiger partial charge in [0.05, 0.1) is 0 Å². The molecule has 0 aliphatic heterocycles. The first-order valence-corrected chi connectivity index (χ1v) is 6.49. The minimum atomic E-state index is -1.14. The molecular weight excluding hydrogens is 295 g/mol. The summed E-state index contributed by atoms with van der Waals surface area (Å²) in [6.07, 6.45) is 0.275. The first-order valence-electron chi connectivity index (χ1n) is 5.74. The standard InChI is InChI=1S/C11H16Cl2N2O4/c1-6(2)14-9(18)15-7(16)4-19-8(17)10(3)5-11(10,12)13/h6H,4-5H2,1-3H3,(H2,14,15,16,18)/t10-/m0/s1. The molecule has 1 aliphatic carbocycles. The minimum absolute atomic E-state index is 0.103. The van der Waals surface area contributed by atoms with Crippen molar-refractivity contribution in [1.29, 1.82) is 0 Å². The summed E-state index contributed by atoms with van der Waals surface area (Å²) in [5.41, 5.74) is -0.990. The van der Waals surface area contributed by atoms with Crippen LogP contribution in [-0.2, 0) is 14.3 Å². The molecule has 19 heavy (non-hydrogen) atoms. The predicted molar refractivity (Wildman–Crippen MR) is 69.9 cm³/mol. The van der Waals surface area contributed by atoms with Crippen molar-refractivity contribution in [3.8, 4) is 0 Å². The van der Waals surface area contributed by atoms with E-state index in [2.05, 4.69) is 5.32 Å². The van der Waals surface area contributed by atoms with E-state index in [-0.39, 0.29) is 12.5 Å². The van der Waals surface area contributed by atoms with Gasteiger partial charge in [0, 0.05) is 12.5 Å². The monoisotopic (exact) mass is 310 g/mol. The van der Waals surface area contributed by atoms with E-state index in [1.165, 1.54) is 0 Å². The average Bonchev–Trinajstić information content (AvgIpc) is 2.74. The van der Waals surface area contributed by atoms with Crippen molar-refractivity contribution in [2.75, 3.05) is 6.61 Å². The number of nitrogens with one attached hydrogen (secondary N) is 2. The minimum Gasteiger partial charge on any atom is -0.455 e. The van der Waals surface area contributed by atoms with Gasteiger partial charge < -0.3 is 10.1 Å². The number of carbonyl (C=O) groups excluding carboxylic acids is 3. The number of halogens is 2. The van der Waals surface area contributed by atoms with Gasteiger partial charge in [-0.05, 0) is 20.8 Å². The van der Waals surface area contributed by atoms with Crippen LogP contribution in [0.15, 0.2) is 0 Å². The number of esters is 1. The Balaban J connectivity index is 2.32. The van der Waals surface area contributed by atoms with E-state index in [1.807, 2.05) is 5.32 Å². The van der Waals surface area contributed by atoms with Crippen LogP contribution in [-0.4, -0.2) is 34.9 Å². The fourth-order valence-corrected chi connectivity index (χ4v) is 2.06. The molecule has 0 aromatic heterocycles. The van der Waals surface area contributed by atoms with Gasteiger partial charge in [-0.3, -0.25) is 14.9 Å². The average molecular weight is 311 g/mol. The van der Waals surface area contributed by atoms with E-state index in [0.717, 1.165) is 0 Å². The Morgan fingerprint density at radius 1 is 1.32 bits per heavy atom. The fourth-order valence-electron chi connectivity index (χ4n) is 1.37. The van der Waals surface area contributed by atoms with Crippen molar-refractivity contribution >= 4 is 41.1 Å². The van der Waals surface area contributed by atoms with Crippen molar-refractivity contribution in [2.24, 2.45) is 5.41 Å². The number of imide groups is 1. The Morgan fingerprint density at radius 3 is 2.26 bits per heavy atom. The molecule has 1 fully saturated rings. The Bertz CT molecular complexity index is 411. The van der Waals surface area contributed by atoms with Gasteiger partial charge in [-0.1, -0.05) is 0 Å². The second kappa shape index (κ2) is 5.54. The molecule has 6 nitrogen and oxygen atoms in total. The van der Waals surface area contributed by atoms with Crippen LogP contribution in [0.2, 0.25) is 0 Å². The lowest BCUT2D eigenvalue weighted by Crippen LogP contribution is -2.44. The predicted octanol–water partition coefficient (Wildman–Crippen LogP) is 1.35. The zero-order chi connectivity index (χ0) is 14.8. The number of ether oxygens (including phenoxy) is 1. The highest BCUT2D eigenvalue weighted by Gasteiger charge is 2.69. The lowest BCUT2D eigenvalue weighted by atomic mass is 10.1. The third-order valence-electron chi connectivity index (χ3n) is 2.72. The molecule has 1 atom stereocenters. The highest BCUT2D eigenvalue weighted by molar-refractivity contribution is 6.53. The molecule has 1 saturated carbocycles. The summed E-state index contributed by atoms with van der Waals surface area (Å²) < 4.78 is 3.63. The van der Waals surface area contributed by atoms with Crippen LogP contribution in [0.3, 0.4) is 0 Å². The fraction of sp³-hybridized carbons (Fsp3) is 0.727. The third kappa shape index (κ3) is 3.98. The molecule has 1 rings (SSSR count). The maximum atomic E-state index is 11.6. The maximum Gasteiger partial charge on any atom is 0.321 e. The van der Waals surface area contributed by atoms with E-state index in [9.17, 15) is 14.4 Å². The van der Waals surface area contributed by atoms with Gasteiger partial charge in [-0.2, -0.15) is 0 Å². The molecule has 0 bridgehead atoms. The molecule has 0 aromatic rings. The van der Waals surface area contributed by atoms with E-state index in [0.29, 0.717) is 0 Å². The van der Waals surface area contributed by atoms with Gasteiger partial charge in [0.15, 0.2) is 6.61 Å². The van der Waals surface area contributed by atoms with E-state index in [4.69, 9.17) is 27.9 Å². The summed E-state index contributed by atoms with van der Waals surface area (Å²) in [6.45, 7) is 4.50. The SMILES string of the molecule is CC(C)NC(=O)NC(=O)COC(=O)[C@]1(C)CC1(Cl)Cl. The van der Waals surface area contributed by atoms with Crippen LogP contribution >= 0.6 is 23.2 Å². The first-order chi connectivity index (χ1) is 8.58.